The fourth-order valence-corrected chi connectivity index (χ4v) is 2.77. The van der Waals surface area contributed by atoms with Crippen LogP contribution in [0.25, 0.3) is 5.57 Å². The van der Waals surface area contributed by atoms with Crippen LogP contribution in [-0.2, 0) is 14.3 Å². The topological polar surface area (TPSA) is 79.3 Å². The SMILES string of the molecule is COCCCN1C(=O)C(c2ccc(OC)cc2)=C(N(C)CCO)C1=O. The Morgan fingerprint density at radius 1 is 1.12 bits per heavy atom. The quantitative estimate of drug-likeness (QED) is 0.524. The molecular weight excluding hydrogens is 324 g/mol. The van der Waals surface area contributed by atoms with Gasteiger partial charge in [-0.05, 0) is 24.1 Å². The Hall–Kier alpha value is -2.38. The standard InChI is InChI=1S/C18H24N2O5/c1-19(10-11-21)16-15(13-5-7-14(25-3)8-6-13)17(22)20(18(16)23)9-4-12-24-2/h5-8,21H,4,9-12H2,1-3H3. The molecule has 0 atom stereocenters. The molecule has 0 spiro atoms. The Balaban J connectivity index is 2.39. The van der Waals surface area contributed by atoms with E-state index in [0.717, 1.165) is 0 Å². The molecule has 1 heterocycles. The second-order valence-electron chi connectivity index (χ2n) is 5.71. The number of hydrogen-bond donors (Lipinski definition) is 1. The van der Waals surface area contributed by atoms with E-state index in [4.69, 9.17) is 9.47 Å². The largest absolute Gasteiger partial charge is 0.497 e. The van der Waals surface area contributed by atoms with Gasteiger partial charge in [-0.2, -0.15) is 0 Å². The number of carbonyl (C=O) groups excluding carboxylic acids is 2. The summed E-state index contributed by atoms with van der Waals surface area (Å²) in [5.41, 5.74) is 1.30. The van der Waals surface area contributed by atoms with Crippen LogP contribution in [0.2, 0.25) is 0 Å². The van der Waals surface area contributed by atoms with Crippen LogP contribution < -0.4 is 4.74 Å². The summed E-state index contributed by atoms with van der Waals surface area (Å²) in [7, 11) is 4.84. The van der Waals surface area contributed by atoms with Crippen LogP contribution >= 0.6 is 0 Å². The zero-order valence-electron chi connectivity index (χ0n) is 14.8. The van der Waals surface area contributed by atoms with Crippen LogP contribution in [0.5, 0.6) is 5.75 Å². The van der Waals surface area contributed by atoms with E-state index in [2.05, 4.69) is 0 Å². The van der Waals surface area contributed by atoms with Crippen molar-refractivity contribution in [2.75, 3.05) is 47.6 Å². The molecule has 7 nitrogen and oxygen atoms in total. The number of aliphatic hydroxyl groups is 1. The highest BCUT2D eigenvalue weighted by atomic mass is 16.5. The van der Waals surface area contributed by atoms with Gasteiger partial charge >= 0.3 is 0 Å². The highest BCUT2D eigenvalue weighted by Gasteiger charge is 2.40. The van der Waals surface area contributed by atoms with Crippen LogP contribution in [0.4, 0.5) is 0 Å². The van der Waals surface area contributed by atoms with Crippen molar-refractivity contribution >= 4 is 17.4 Å². The number of aliphatic hydroxyl groups excluding tert-OH is 1. The zero-order valence-corrected chi connectivity index (χ0v) is 14.8. The van der Waals surface area contributed by atoms with Gasteiger partial charge in [0.05, 0.1) is 19.3 Å². The molecule has 0 saturated heterocycles. The summed E-state index contributed by atoms with van der Waals surface area (Å²) in [6.45, 7) is 0.916. The second-order valence-corrected chi connectivity index (χ2v) is 5.71. The molecule has 0 bridgehead atoms. The summed E-state index contributed by atoms with van der Waals surface area (Å²) >= 11 is 0. The van der Waals surface area contributed by atoms with Crippen molar-refractivity contribution in [1.29, 1.82) is 0 Å². The Kier molecular flexibility index (Phi) is 6.55. The van der Waals surface area contributed by atoms with E-state index in [1.807, 2.05) is 0 Å². The fraction of sp³-hybridized carbons (Fsp3) is 0.444. The van der Waals surface area contributed by atoms with E-state index in [9.17, 15) is 14.7 Å². The van der Waals surface area contributed by atoms with Gasteiger partial charge in [0.1, 0.15) is 11.4 Å². The van der Waals surface area contributed by atoms with Gasteiger partial charge in [0.25, 0.3) is 11.8 Å². The minimum atomic E-state index is -0.345. The van der Waals surface area contributed by atoms with Crippen LogP contribution in [0.3, 0.4) is 0 Å². The molecule has 1 aromatic rings. The van der Waals surface area contributed by atoms with Gasteiger partial charge in [-0.1, -0.05) is 12.1 Å². The average molecular weight is 348 g/mol. The van der Waals surface area contributed by atoms with Crippen LogP contribution in [0.15, 0.2) is 30.0 Å². The number of carbonyl (C=O) groups is 2. The van der Waals surface area contributed by atoms with Crippen molar-refractivity contribution in [3.8, 4) is 5.75 Å². The first-order valence-electron chi connectivity index (χ1n) is 8.11. The number of nitrogens with zero attached hydrogens (tertiary/aromatic N) is 2. The number of methoxy groups -OCH3 is 2. The third kappa shape index (κ3) is 4.00. The van der Waals surface area contributed by atoms with E-state index in [-0.39, 0.29) is 25.0 Å². The lowest BCUT2D eigenvalue weighted by Gasteiger charge is -2.20. The zero-order chi connectivity index (χ0) is 18.4. The number of imide groups is 1. The Labute approximate surface area is 147 Å². The molecule has 0 aromatic heterocycles. The second kappa shape index (κ2) is 8.64. The normalized spacial score (nSPS) is 14.5. The van der Waals surface area contributed by atoms with Gasteiger partial charge in [-0.15, -0.1) is 0 Å². The van der Waals surface area contributed by atoms with Crippen molar-refractivity contribution in [2.24, 2.45) is 0 Å². The third-order valence-corrected chi connectivity index (χ3v) is 4.07. The van der Waals surface area contributed by atoms with Crippen molar-refractivity contribution in [2.45, 2.75) is 6.42 Å². The highest BCUT2D eigenvalue weighted by molar-refractivity contribution is 6.35. The Morgan fingerprint density at radius 3 is 2.36 bits per heavy atom. The number of benzene rings is 1. The van der Waals surface area contributed by atoms with E-state index in [1.165, 1.54) is 4.90 Å². The molecule has 136 valence electrons. The van der Waals surface area contributed by atoms with Gasteiger partial charge < -0.3 is 19.5 Å². The van der Waals surface area contributed by atoms with E-state index in [0.29, 0.717) is 42.2 Å². The molecule has 0 radical (unpaired) electrons. The number of amides is 2. The van der Waals surface area contributed by atoms with Crippen molar-refractivity contribution < 1.29 is 24.2 Å². The molecule has 0 fully saturated rings. The first kappa shape index (κ1) is 19.0. The lowest BCUT2D eigenvalue weighted by molar-refractivity contribution is -0.137. The van der Waals surface area contributed by atoms with Gasteiger partial charge in [0.2, 0.25) is 0 Å². The molecule has 1 aromatic carbocycles. The maximum Gasteiger partial charge on any atom is 0.277 e. The summed E-state index contributed by atoms with van der Waals surface area (Å²) < 4.78 is 10.1. The minimum Gasteiger partial charge on any atom is -0.497 e. The maximum absolute atomic E-state index is 12.9. The molecule has 25 heavy (non-hydrogen) atoms. The van der Waals surface area contributed by atoms with Crippen LogP contribution in [0, 0.1) is 0 Å². The lowest BCUT2D eigenvalue weighted by atomic mass is 10.0. The molecule has 1 aliphatic rings. The number of hydrogen-bond acceptors (Lipinski definition) is 6. The monoisotopic (exact) mass is 348 g/mol. The summed E-state index contributed by atoms with van der Waals surface area (Å²) in [4.78, 5) is 28.5. The highest BCUT2D eigenvalue weighted by Crippen LogP contribution is 2.31. The molecule has 2 amide bonds. The smallest absolute Gasteiger partial charge is 0.277 e. The summed E-state index contributed by atoms with van der Waals surface area (Å²) in [5, 5.41) is 9.21. The van der Waals surface area contributed by atoms with Crippen LogP contribution in [0.1, 0.15) is 12.0 Å². The average Bonchev–Trinajstić information content (AvgIpc) is 2.86. The van der Waals surface area contributed by atoms with E-state index in [1.54, 1.807) is 50.4 Å². The molecule has 0 saturated carbocycles. The molecule has 1 N–H and O–H groups in total. The van der Waals surface area contributed by atoms with Crippen molar-refractivity contribution in [3.05, 3.63) is 35.5 Å². The number of ether oxygens (including phenoxy) is 2. The summed E-state index contributed by atoms with van der Waals surface area (Å²) in [5.74, 6) is -0.00253. The van der Waals surface area contributed by atoms with Gasteiger partial charge in [0, 0.05) is 33.9 Å². The van der Waals surface area contributed by atoms with Gasteiger partial charge in [-0.3, -0.25) is 14.5 Å². The first-order chi connectivity index (χ1) is 12.0. The maximum atomic E-state index is 12.9. The van der Waals surface area contributed by atoms with Crippen molar-refractivity contribution in [1.82, 2.24) is 9.80 Å². The third-order valence-electron chi connectivity index (χ3n) is 4.07. The number of rotatable bonds is 9. The van der Waals surface area contributed by atoms with Gasteiger partial charge in [0.15, 0.2) is 0 Å². The van der Waals surface area contributed by atoms with E-state index >= 15 is 0 Å². The molecule has 7 heteroatoms. The molecule has 1 aliphatic heterocycles. The Morgan fingerprint density at radius 2 is 1.80 bits per heavy atom. The lowest BCUT2D eigenvalue weighted by Crippen LogP contribution is -2.35. The Bertz CT molecular complexity index is 654. The minimum absolute atomic E-state index is 0.110. The van der Waals surface area contributed by atoms with Crippen molar-refractivity contribution in [3.63, 3.8) is 0 Å². The molecule has 0 unspecified atom stereocenters. The predicted molar refractivity (Wildman–Crippen MR) is 92.8 cm³/mol. The molecule has 2 rings (SSSR count). The summed E-state index contributed by atoms with van der Waals surface area (Å²) in [6.07, 6.45) is 0.570. The number of likely N-dealkylation sites (N-methyl/N-ethyl adjacent to an activating group) is 1. The summed E-state index contributed by atoms with van der Waals surface area (Å²) in [6, 6.07) is 7.00. The fourth-order valence-electron chi connectivity index (χ4n) is 2.77. The van der Waals surface area contributed by atoms with E-state index < -0.39 is 0 Å². The predicted octanol–water partition coefficient (Wildman–Crippen LogP) is 0.736. The van der Waals surface area contributed by atoms with Gasteiger partial charge in [-0.25, -0.2) is 0 Å². The first-order valence-corrected chi connectivity index (χ1v) is 8.11. The molecular formula is C18H24N2O5. The van der Waals surface area contributed by atoms with Crippen LogP contribution in [-0.4, -0.2) is 74.3 Å². The molecule has 0 aliphatic carbocycles.